The number of rotatable bonds is 6. The van der Waals surface area contributed by atoms with E-state index >= 15 is 0 Å². The summed E-state index contributed by atoms with van der Waals surface area (Å²) in [6.45, 7) is 8.45. The Morgan fingerprint density at radius 2 is 1.60 bits per heavy atom. The molecular weight excluding hydrogens is 198 g/mol. The molecule has 0 rings (SSSR count). The van der Waals surface area contributed by atoms with E-state index < -0.39 is 5.92 Å². The second-order valence-corrected chi connectivity index (χ2v) is 3.68. The molecule has 0 bridgehead atoms. The van der Waals surface area contributed by atoms with Gasteiger partial charge < -0.3 is 11.1 Å². The molecule has 0 radical (unpaired) electrons. The Hall–Kier alpha value is -0.220. The molecule has 0 atom stereocenters. The quantitative estimate of drug-likeness (QED) is 0.728. The predicted octanol–water partition coefficient (Wildman–Crippen LogP) is 2.77. The minimum absolute atomic E-state index is 0.0625. The lowest BCUT2D eigenvalue weighted by Crippen LogP contribution is -2.32. The van der Waals surface area contributed by atoms with Crippen LogP contribution in [-0.2, 0) is 0 Å². The molecule has 15 heavy (non-hydrogen) atoms. The zero-order valence-electron chi connectivity index (χ0n) is 10.4. The van der Waals surface area contributed by atoms with Gasteiger partial charge in [0.2, 0.25) is 5.92 Å². The Balaban J connectivity index is 0. The third kappa shape index (κ3) is 16.5. The predicted molar refractivity (Wildman–Crippen MR) is 62.3 cm³/mol. The largest absolute Gasteiger partial charge is 0.329 e. The van der Waals surface area contributed by atoms with Crippen LogP contribution < -0.4 is 11.1 Å². The topological polar surface area (TPSA) is 38.0 Å². The minimum atomic E-state index is -2.46. The van der Waals surface area contributed by atoms with Crippen LogP contribution >= 0.6 is 0 Å². The normalized spacial score (nSPS) is 11.2. The smallest absolute Gasteiger partial charge is 0.245 e. The van der Waals surface area contributed by atoms with Crippen LogP contribution in [0.1, 0.15) is 47.0 Å². The van der Waals surface area contributed by atoms with Crippen LogP contribution in [0.25, 0.3) is 0 Å². The van der Waals surface area contributed by atoms with Gasteiger partial charge in [-0.1, -0.05) is 20.8 Å². The molecule has 3 N–H and O–H groups in total. The van der Waals surface area contributed by atoms with Crippen LogP contribution in [-0.4, -0.2) is 25.1 Å². The summed E-state index contributed by atoms with van der Waals surface area (Å²) in [7, 11) is 0. The fourth-order valence-electron chi connectivity index (χ4n) is 0.865. The molecule has 0 aromatic heterocycles. The maximum absolute atomic E-state index is 11.5. The molecule has 0 saturated heterocycles. The van der Waals surface area contributed by atoms with Crippen molar-refractivity contribution in [1.82, 2.24) is 5.32 Å². The summed E-state index contributed by atoms with van der Waals surface area (Å²) < 4.78 is 22.9. The zero-order valence-corrected chi connectivity index (χ0v) is 10.4. The molecule has 0 aromatic carbocycles. The van der Waals surface area contributed by atoms with E-state index in [0.717, 1.165) is 20.0 Å². The molecule has 0 saturated carbocycles. The molecule has 2 nitrogen and oxygen atoms in total. The number of nitrogens with one attached hydrogen (secondary N) is 1. The van der Waals surface area contributed by atoms with Gasteiger partial charge in [0.1, 0.15) is 0 Å². The molecular formula is C11H26F2N2. The monoisotopic (exact) mass is 224 g/mol. The molecule has 0 spiro atoms. The lowest BCUT2D eigenvalue weighted by molar-refractivity contribution is 0.0181. The molecule has 0 unspecified atom stereocenters. The summed E-state index contributed by atoms with van der Waals surface area (Å²) in [5, 5.41) is 3.34. The molecule has 0 aliphatic carbocycles. The Bertz CT molecular complexity index is 120. The van der Waals surface area contributed by atoms with Crippen LogP contribution in [0.15, 0.2) is 0 Å². The maximum Gasteiger partial charge on any atom is 0.245 e. The highest BCUT2D eigenvalue weighted by atomic mass is 19.3. The lowest BCUT2D eigenvalue weighted by Gasteiger charge is -2.12. The van der Waals surface area contributed by atoms with Gasteiger partial charge in [-0.15, -0.1) is 0 Å². The van der Waals surface area contributed by atoms with Crippen LogP contribution in [0.4, 0.5) is 8.78 Å². The summed E-state index contributed by atoms with van der Waals surface area (Å²) in [5.74, 6) is -2.46. The number of hydrogen-bond acceptors (Lipinski definition) is 2. The Morgan fingerprint density at radius 1 is 1.20 bits per heavy atom. The number of alkyl halides is 2. The standard InChI is InChI=1S/C7H18N2.C4H8F2/c1-3-7(4-2)9-6-5-8;1-3-4(2,5)6/h7,9H,3-6,8H2,1-2H3;3H2,1-2H3. The average Bonchev–Trinajstić information content (AvgIpc) is 2.19. The molecule has 0 fully saturated rings. The van der Waals surface area contributed by atoms with Gasteiger partial charge in [-0.3, -0.25) is 0 Å². The molecule has 0 aliphatic heterocycles. The summed E-state index contributed by atoms with van der Waals surface area (Å²) in [6.07, 6.45) is 2.35. The van der Waals surface area contributed by atoms with Crippen LogP contribution in [0.2, 0.25) is 0 Å². The van der Waals surface area contributed by atoms with Crippen molar-refractivity contribution in [3.05, 3.63) is 0 Å². The molecule has 94 valence electrons. The van der Waals surface area contributed by atoms with Crippen molar-refractivity contribution >= 4 is 0 Å². The van der Waals surface area contributed by atoms with Crippen molar-refractivity contribution in [3.8, 4) is 0 Å². The minimum Gasteiger partial charge on any atom is -0.329 e. The second kappa shape index (κ2) is 10.3. The van der Waals surface area contributed by atoms with Gasteiger partial charge in [-0.05, 0) is 19.8 Å². The van der Waals surface area contributed by atoms with E-state index in [1.165, 1.54) is 19.8 Å². The number of halogens is 2. The first-order valence-electron chi connectivity index (χ1n) is 5.72. The second-order valence-electron chi connectivity index (χ2n) is 3.68. The van der Waals surface area contributed by atoms with Crippen molar-refractivity contribution in [1.29, 1.82) is 0 Å². The first-order valence-corrected chi connectivity index (χ1v) is 5.72. The van der Waals surface area contributed by atoms with Crippen molar-refractivity contribution in [2.24, 2.45) is 5.73 Å². The van der Waals surface area contributed by atoms with Gasteiger partial charge in [-0.25, -0.2) is 8.78 Å². The average molecular weight is 224 g/mol. The SMILES string of the molecule is CCC(C)(F)F.CCC(CC)NCCN. The fraction of sp³-hybridized carbons (Fsp3) is 1.00. The van der Waals surface area contributed by atoms with E-state index in [9.17, 15) is 8.78 Å². The van der Waals surface area contributed by atoms with E-state index in [1.807, 2.05) is 0 Å². The van der Waals surface area contributed by atoms with Crippen molar-refractivity contribution in [2.75, 3.05) is 13.1 Å². The van der Waals surface area contributed by atoms with Gasteiger partial charge in [0, 0.05) is 25.6 Å². The number of nitrogens with two attached hydrogens (primary N) is 1. The molecule has 4 heteroatoms. The van der Waals surface area contributed by atoms with Crippen molar-refractivity contribution in [2.45, 2.75) is 58.9 Å². The molecule has 0 amide bonds. The fourth-order valence-corrected chi connectivity index (χ4v) is 0.865. The van der Waals surface area contributed by atoms with Gasteiger partial charge in [0.15, 0.2) is 0 Å². The summed E-state index contributed by atoms with van der Waals surface area (Å²) in [6, 6.07) is 0.675. The van der Waals surface area contributed by atoms with E-state index in [0.29, 0.717) is 6.04 Å². The zero-order chi connectivity index (χ0) is 12.3. The van der Waals surface area contributed by atoms with Crippen molar-refractivity contribution < 1.29 is 8.78 Å². The molecule has 0 aromatic rings. The highest BCUT2D eigenvalue weighted by Crippen LogP contribution is 2.14. The highest BCUT2D eigenvalue weighted by Gasteiger charge is 2.15. The van der Waals surface area contributed by atoms with Crippen molar-refractivity contribution in [3.63, 3.8) is 0 Å². The van der Waals surface area contributed by atoms with E-state index in [2.05, 4.69) is 19.2 Å². The third-order valence-corrected chi connectivity index (χ3v) is 2.18. The van der Waals surface area contributed by atoms with Gasteiger partial charge in [0.05, 0.1) is 0 Å². The van der Waals surface area contributed by atoms with Gasteiger partial charge in [-0.2, -0.15) is 0 Å². The Morgan fingerprint density at radius 3 is 1.80 bits per heavy atom. The van der Waals surface area contributed by atoms with Gasteiger partial charge in [0.25, 0.3) is 0 Å². The first kappa shape index (κ1) is 17.2. The van der Waals surface area contributed by atoms with Crippen LogP contribution in [0, 0.1) is 0 Å². The Labute approximate surface area is 92.6 Å². The van der Waals surface area contributed by atoms with Crippen LogP contribution in [0.3, 0.4) is 0 Å². The molecule has 0 aliphatic rings. The maximum atomic E-state index is 11.5. The highest BCUT2D eigenvalue weighted by molar-refractivity contribution is 4.61. The van der Waals surface area contributed by atoms with Crippen LogP contribution in [0.5, 0.6) is 0 Å². The summed E-state index contributed by atoms with van der Waals surface area (Å²) >= 11 is 0. The summed E-state index contributed by atoms with van der Waals surface area (Å²) in [5.41, 5.74) is 5.32. The van der Waals surface area contributed by atoms with E-state index in [-0.39, 0.29) is 6.42 Å². The first-order chi connectivity index (χ1) is 6.91. The number of hydrogen-bond donors (Lipinski definition) is 2. The van der Waals surface area contributed by atoms with E-state index in [4.69, 9.17) is 5.73 Å². The Kier molecular flexibility index (Phi) is 11.8. The molecule has 0 heterocycles. The van der Waals surface area contributed by atoms with Gasteiger partial charge >= 0.3 is 0 Å². The third-order valence-electron chi connectivity index (χ3n) is 2.18. The summed E-state index contributed by atoms with van der Waals surface area (Å²) in [4.78, 5) is 0. The van der Waals surface area contributed by atoms with E-state index in [1.54, 1.807) is 0 Å². The lowest BCUT2D eigenvalue weighted by atomic mass is 10.2.